The Kier molecular flexibility index (Phi) is 2.80. The fourth-order valence-electron chi connectivity index (χ4n) is 2.61. The summed E-state index contributed by atoms with van der Waals surface area (Å²) in [5, 5.41) is 0. The minimum absolute atomic E-state index is 0.0480. The predicted molar refractivity (Wildman–Crippen MR) is 68.0 cm³/mol. The van der Waals surface area contributed by atoms with Crippen LogP contribution in [0.25, 0.3) is 0 Å². The fraction of sp³-hybridized carbons (Fsp3) is 0.286. The molecule has 3 nitrogen and oxygen atoms in total. The first-order chi connectivity index (χ1) is 8.79. The molecular formula is C14H15FN2O. The molecule has 94 valence electrons. The molecule has 0 amide bonds. The van der Waals surface area contributed by atoms with Crippen molar-refractivity contribution in [1.82, 2.24) is 0 Å². The first-order valence-corrected chi connectivity index (χ1v) is 6.07. The van der Waals surface area contributed by atoms with Gasteiger partial charge in [-0.15, -0.1) is 0 Å². The predicted octanol–water partition coefficient (Wildman–Crippen LogP) is 2.48. The van der Waals surface area contributed by atoms with Crippen LogP contribution in [0.5, 0.6) is 0 Å². The molecule has 0 aliphatic carbocycles. The molecule has 0 saturated carbocycles. The van der Waals surface area contributed by atoms with Gasteiger partial charge in [0.2, 0.25) is 0 Å². The van der Waals surface area contributed by atoms with E-state index in [4.69, 9.17) is 10.2 Å². The van der Waals surface area contributed by atoms with E-state index in [-0.39, 0.29) is 11.9 Å². The maximum absolute atomic E-state index is 13.4. The molecule has 4 heteroatoms. The number of rotatable bonds is 3. The van der Waals surface area contributed by atoms with Crippen LogP contribution in [0.1, 0.15) is 17.2 Å². The van der Waals surface area contributed by atoms with Crippen LogP contribution in [-0.2, 0) is 6.42 Å². The lowest BCUT2D eigenvalue weighted by Crippen LogP contribution is -2.32. The second kappa shape index (κ2) is 4.46. The van der Waals surface area contributed by atoms with Gasteiger partial charge >= 0.3 is 0 Å². The third-order valence-corrected chi connectivity index (χ3v) is 3.51. The molecule has 0 radical (unpaired) electrons. The van der Waals surface area contributed by atoms with E-state index in [1.807, 2.05) is 12.1 Å². The molecule has 1 aliphatic rings. The molecule has 1 atom stereocenters. The number of nitrogens with zero attached hydrogens (tertiary/aromatic N) is 1. The highest BCUT2D eigenvalue weighted by Gasteiger charge is 2.27. The molecule has 0 fully saturated rings. The zero-order chi connectivity index (χ0) is 12.5. The van der Waals surface area contributed by atoms with Gasteiger partial charge in [0, 0.05) is 24.3 Å². The summed E-state index contributed by atoms with van der Waals surface area (Å²) in [5.41, 5.74) is 9.03. The molecule has 18 heavy (non-hydrogen) atoms. The highest BCUT2D eigenvalue weighted by molar-refractivity contribution is 5.59. The first-order valence-electron chi connectivity index (χ1n) is 6.07. The number of benzene rings is 1. The van der Waals surface area contributed by atoms with Gasteiger partial charge in [0.25, 0.3) is 0 Å². The van der Waals surface area contributed by atoms with E-state index >= 15 is 0 Å². The average molecular weight is 246 g/mol. The largest absolute Gasteiger partial charge is 0.472 e. The minimum Gasteiger partial charge on any atom is -0.472 e. The highest BCUT2D eigenvalue weighted by atomic mass is 19.1. The lowest BCUT2D eigenvalue weighted by molar-refractivity contribution is 0.554. The fourth-order valence-corrected chi connectivity index (χ4v) is 2.61. The van der Waals surface area contributed by atoms with Crippen molar-refractivity contribution in [2.24, 2.45) is 5.73 Å². The zero-order valence-corrected chi connectivity index (χ0v) is 9.97. The molecule has 0 bridgehead atoms. The van der Waals surface area contributed by atoms with Gasteiger partial charge in [-0.05, 0) is 30.2 Å². The summed E-state index contributed by atoms with van der Waals surface area (Å²) in [6.07, 6.45) is 4.28. The number of anilines is 1. The maximum atomic E-state index is 13.4. The van der Waals surface area contributed by atoms with Crippen molar-refractivity contribution >= 4 is 5.69 Å². The summed E-state index contributed by atoms with van der Waals surface area (Å²) in [5.74, 6) is -0.205. The van der Waals surface area contributed by atoms with Crippen molar-refractivity contribution in [3.05, 3.63) is 53.7 Å². The van der Waals surface area contributed by atoms with Crippen molar-refractivity contribution < 1.29 is 8.81 Å². The summed E-state index contributed by atoms with van der Waals surface area (Å²) in [6, 6.07) is 6.91. The molecule has 1 aromatic heterocycles. The van der Waals surface area contributed by atoms with Crippen LogP contribution in [0, 0.1) is 5.82 Å². The third-order valence-electron chi connectivity index (χ3n) is 3.51. The van der Waals surface area contributed by atoms with Crippen molar-refractivity contribution in [1.29, 1.82) is 0 Å². The van der Waals surface area contributed by atoms with Gasteiger partial charge in [0.15, 0.2) is 0 Å². The summed E-state index contributed by atoms with van der Waals surface area (Å²) < 4.78 is 18.5. The van der Waals surface area contributed by atoms with Crippen molar-refractivity contribution in [2.75, 3.05) is 18.0 Å². The smallest absolute Gasteiger partial charge is 0.125 e. The van der Waals surface area contributed by atoms with Crippen molar-refractivity contribution in [3.63, 3.8) is 0 Å². The number of furan rings is 1. The van der Waals surface area contributed by atoms with Crippen LogP contribution < -0.4 is 10.6 Å². The number of hydrogen-bond acceptors (Lipinski definition) is 3. The normalized spacial score (nSPS) is 15.8. The van der Waals surface area contributed by atoms with Gasteiger partial charge in [-0.1, -0.05) is 6.07 Å². The average Bonchev–Trinajstić information content (AvgIpc) is 3.01. The molecule has 0 spiro atoms. The zero-order valence-electron chi connectivity index (χ0n) is 9.97. The Balaban J connectivity index is 1.97. The quantitative estimate of drug-likeness (QED) is 0.904. The second-order valence-electron chi connectivity index (χ2n) is 4.52. The topological polar surface area (TPSA) is 42.4 Å². The van der Waals surface area contributed by atoms with Gasteiger partial charge in [0.05, 0.1) is 18.6 Å². The first kappa shape index (κ1) is 11.3. The summed E-state index contributed by atoms with van der Waals surface area (Å²) in [4.78, 5) is 2.16. The summed E-state index contributed by atoms with van der Waals surface area (Å²) in [6.45, 7) is 1.35. The number of fused-ring (bicyclic) bond motifs is 1. The molecule has 1 unspecified atom stereocenters. The summed E-state index contributed by atoms with van der Waals surface area (Å²) in [7, 11) is 0. The van der Waals surface area contributed by atoms with E-state index in [1.165, 1.54) is 11.6 Å². The van der Waals surface area contributed by atoms with Crippen LogP contribution in [0.2, 0.25) is 0 Å². The van der Waals surface area contributed by atoms with Gasteiger partial charge in [-0.25, -0.2) is 4.39 Å². The number of nitrogens with two attached hydrogens (primary N) is 1. The van der Waals surface area contributed by atoms with E-state index in [2.05, 4.69) is 4.90 Å². The molecule has 0 saturated heterocycles. The third kappa shape index (κ3) is 1.78. The number of halogens is 1. The second-order valence-corrected chi connectivity index (χ2v) is 4.52. The van der Waals surface area contributed by atoms with Crippen LogP contribution in [0.15, 0.2) is 41.2 Å². The SMILES string of the molecule is NCC(c1ccoc1)N1CCc2ccc(F)cc21. The lowest BCUT2D eigenvalue weighted by atomic mass is 10.1. The molecule has 1 aromatic carbocycles. The van der Waals surface area contributed by atoms with Crippen LogP contribution >= 0.6 is 0 Å². The Morgan fingerprint density at radius 2 is 2.28 bits per heavy atom. The van der Waals surface area contributed by atoms with Crippen LogP contribution in [-0.4, -0.2) is 13.1 Å². The Labute approximate surface area is 105 Å². The van der Waals surface area contributed by atoms with E-state index in [1.54, 1.807) is 18.6 Å². The Morgan fingerprint density at radius 1 is 1.39 bits per heavy atom. The molecule has 2 N–H and O–H groups in total. The van der Waals surface area contributed by atoms with Crippen LogP contribution in [0.3, 0.4) is 0 Å². The summed E-state index contributed by atoms with van der Waals surface area (Å²) >= 11 is 0. The van der Waals surface area contributed by atoms with Crippen molar-refractivity contribution in [2.45, 2.75) is 12.5 Å². The lowest BCUT2D eigenvalue weighted by Gasteiger charge is -2.28. The van der Waals surface area contributed by atoms with E-state index in [9.17, 15) is 4.39 Å². The molecule has 1 aliphatic heterocycles. The molecule has 3 rings (SSSR count). The molecular weight excluding hydrogens is 231 g/mol. The Bertz CT molecular complexity index is 539. The van der Waals surface area contributed by atoms with Crippen molar-refractivity contribution in [3.8, 4) is 0 Å². The molecule has 2 heterocycles. The standard InChI is InChI=1S/C14H15FN2O/c15-12-2-1-10-3-5-17(13(10)7-12)14(8-16)11-4-6-18-9-11/h1-2,4,6-7,9,14H,3,5,8,16H2. The van der Waals surface area contributed by atoms with Crippen LogP contribution in [0.4, 0.5) is 10.1 Å². The monoisotopic (exact) mass is 246 g/mol. The maximum Gasteiger partial charge on any atom is 0.125 e. The minimum atomic E-state index is -0.205. The Hall–Kier alpha value is -1.81. The van der Waals surface area contributed by atoms with E-state index in [0.717, 1.165) is 24.2 Å². The van der Waals surface area contributed by atoms with Gasteiger partial charge in [-0.3, -0.25) is 0 Å². The van der Waals surface area contributed by atoms with Gasteiger partial charge in [-0.2, -0.15) is 0 Å². The highest BCUT2D eigenvalue weighted by Crippen LogP contribution is 2.35. The van der Waals surface area contributed by atoms with Gasteiger partial charge < -0.3 is 15.1 Å². The van der Waals surface area contributed by atoms with E-state index in [0.29, 0.717) is 6.54 Å². The van der Waals surface area contributed by atoms with Gasteiger partial charge in [0.1, 0.15) is 5.82 Å². The van der Waals surface area contributed by atoms with E-state index < -0.39 is 0 Å². The Morgan fingerprint density at radius 3 is 3.00 bits per heavy atom. The molecule has 2 aromatic rings. The number of hydrogen-bond donors (Lipinski definition) is 1.